The van der Waals surface area contributed by atoms with Gasteiger partial charge in [0, 0.05) is 24.0 Å². The Balaban J connectivity index is 1.92. The van der Waals surface area contributed by atoms with Crippen molar-refractivity contribution in [1.82, 2.24) is 20.0 Å². The highest BCUT2D eigenvalue weighted by atomic mass is 16.3. The van der Waals surface area contributed by atoms with Gasteiger partial charge in [0.05, 0.1) is 5.71 Å². The molecular weight excluding hydrogens is 350 g/mol. The number of carbonyl (C=O) groups is 1. The number of rotatable bonds is 4. The van der Waals surface area contributed by atoms with Crippen LogP contribution >= 0.6 is 0 Å². The van der Waals surface area contributed by atoms with E-state index in [1.807, 2.05) is 0 Å². The van der Waals surface area contributed by atoms with E-state index in [1.165, 1.54) is 36.0 Å². The van der Waals surface area contributed by atoms with E-state index in [1.54, 1.807) is 0 Å². The maximum Gasteiger partial charge on any atom is 0.331 e. The molecule has 0 aliphatic heterocycles. The van der Waals surface area contributed by atoms with Crippen LogP contribution in [-0.4, -0.2) is 31.3 Å². The summed E-state index contributed by atoms with van der Waals surface area (Å²) in [6, 6.07) is 2.88. The van der Waals surface area contributed by atoms with E-state index in [2.05, 4.69) is 20.5 Å². The normalized spacial score (nSPS) is 15.5. The number of hydrazone groups is 1. The van der Waals surface area contributed by atoms with Crippen molar-refractivity contribution in [2.75, 3.05) is 0 Å². The Morgan fingerprint density at radius 1 is 1.26 bits per heavy atom. The van der Waals surface area contributed by atoms with Crippen LogP contribution < -0.4 is 16.7 Å². The summed E-state index contributed by atoms with van der Waals surface area (Å²) in [5.74, 6) is -0.900. The predicted molar refractivity (Wildman–Crippen MR) is 99.0 cm³/mol. The summed E-state index contributed by atoms with van der Waals surface area (Å²) >= 11 is 0. The molecule has 2 aromatic rings. The van der Waals surface area contributed by atoms with Crippen LogP contribution in [0.4, 0.5) is 0 Å². The lowest BCUT2D eigenvalue weighted by Crippen LogP contribution is -2.36. The molecule has 0 bridgehead atoms. The number of nitrogens with one attached hydrogen (secondary N) is 2. The third kappa shape index (κ3) is 3.97. The van der Waals surface area contributed by atoms with Gasteiger partial charge in [-0.1, -0.05) is 19.3 Å². The molecule has 27 heavy (non-hydrogen) atoms. The van der Waals surface area contributed by atoms with Crippen LogP contribution in [0.1, 0.15) is 61.0 Å². The van der Waals surface area contributed by atoms with Gasteiger partial charge < -0.3 is 5.11 Å². The molecule has 0 saturated heterocycles. The highest BCUT2D eigenvalue weighted by Gasteiger charge is 2.24. The predicted octanol–water partition coefficient (Wildman–Crippen LogP) is 1.30. The van der Waals surface area contributed by atoms with Gasteiger partial charge in [-0.25, -0.2) is 10.2 Å². The number of amides is 1. The molecule has 3 rings (SSSR count). The first-order valence-electron chi connectivity index (χ1n) is 8.82. The van der Waals surface area contributed by atoms with Gasteiger partial charge in [-0.15, -0.1) is 0 Å². The summed E-state index contributed by atoms with van der Waals surface area (Å²) in [6.07, 6.45) is 7.47. The fourth-order valence-electron chi connectivity index (χ4n) is 3.30. The van der Waals surface area contributed by atoms with E-state index in [0.29, 0.717) is 5.56 Å². The largest absolute Gasteiger partial charge is 0.494 e. The third-order valence-corrected chi connectivity index (χ3v) is 4.69. The van der Waals surface area contributed by atoms with Crippen molar-refractivity contribution >= 4 is 11.6 Å². The molecule has 2 heterocycles. The molecule has 0 radical (unpaired) electrons. The third-order valence-electron chi connectivity index (χ3n) is 4.69. The number of aromatic amines is 1. The Morgan fingerprint density at radius 3 is 2.59 bits per heavy atom. The number of H-pyrrole nitrogens is 1. The van der Waals surface area contributed by atoms with Crippen molar-refractivity contribution in [3.63, 3.8) is 0 Å². The summed E-state index contributed by atoms with van der Waals surface area (Å²) in [7, 11) is 0. The topological polar surface area (TPSA) is 129 Å². The van der Waals surface area contributed by atoms with E-state index in [0.717, 1.165) is 32.1 Å². The van der Waals surface area contributed by atoms with Gasteiger partial charge in [0.1, 0.15) is 5.56 Å². The first-order valence-corrected chi connectivity index (χ1v) is 8.82. The lowest BCUT2D eigenvalue weighted by molar-refractivity contribution is 0.0954. The van der Waals surface area contributed by atoms with Crippen molar-refractivity contribution in [2.24, 2.45) is 5.10 Å². The number of pyridine rings is 1. The van der Waals surface area contributed by atoms with Crippen LogP contribution in [0.15, 0.2) is 39.2 Å². The minimum Gasteiger partial charge on any atom is -0.494 e. The minimum absolute atomic E-state index is 0.0979. The Kier molecular flexibility index (Phi) is 5.49. The maximum atomic E-state index is 12.2. The average Bonchev–Trinajstić information content (AvgIpc) is 2.67. The fourth-order valence-corrected chi connectivity index (χ4v) is 3.30. The molecule has 9 heteroatoms. The van der Waals surface area contributed by atoms with Crippen LogP contribution in [0.25, 0.3) is 0 Å². The summed E-state index contributed by atoms with van der Waals surface area (Å²) in [5, 5.41) is 14.5. The van der Waals surface area contributed by atoms with Crippen molar-refractivity contribution in [2.45, 2.75) is 45.1 Å². The minimum atomic E-state index is -0.746. The van der Waals surface area contributed by atoms with Gasteiger partial charge in [-0.05, 0) is 31.9 Å². The van der Waals surface area contributed by atoms with Crippen molar-refractivity contribution in [3.8, 4) is 5.88 Å². The SMILES string of the molecule is CC(=NNC(=O)c1ccncc1)c1c(O)n(C2CCCCC2)c(=O)[nH]c1=O. The van der Waals surface area contributed by atoms with Crippen molar-refractivity contribution < 1.29 is 9.90 Å². The molecule has 1 saturated carbocycles. The molecule has 0 atom stereocenters. The van der Waals surface area contributed by atoms with Gasteiger partial charge in [-0.3, -0.25) is 24.1 Å². The van der Waals surface area contributed by atoms with E-state index in [-0.39, 0.29) is 17.3 Å². The first kappa shape index (κ1) is 18.6. The molecular formula is C18H21N5O4. The molecule has 1 fully saturated rings. The second kappa shape index (κ2) is 7.98. The molecule has 0 spiro atoms. The highest BCUT2D eigenvalue weighted by molar-refractivity contribution is 6.02. The van der Waals surface area contributed by atoms with E-state index >= 15 is 0 Å². The van der Waals surface area contributed by atoms with Gasteiger partial charge in [0.25, 0.3) is 11.5 Å². The number of carbonyl (C=O) groups excluding carboxylic acids is 1. The zero-order valence-corrected chi connectivity index (χ0v) is 14.9. The molecule has 1 aliphatic carbocycles. The Hall–Kier alpha value is -3.23. The highest BCUT2D eigenvalue weighted by Crippen LogP contribution is 2.30. The Morgan fingerprint density at radius 2 is 1.93 bits per heavy atom. The van der Waals surface area contributed by atoms with E-state index < -0.39 is 23.0 Å². The average molecular weight is 371 g/mol. The smallest absolute Gasteiger partial charge is 0.331 e. The van der Waals surface area contributed by atoms with Gasteiger partial charge >= 0.3 is 5.69 Å². The lowest BCUT2D eigenvalue weighted by Gasteiger charge is -2.25. The first-order chi connectivity index (χ1) is 13.0. The van der Waals surface area contributed by atoms with Gasteiger partial charge in [0.15, 0.2) is 0 Å². The van der Waals surface area contributed by atoms with Crippen LogP contribution in [0.2, 0.25) is 0 Å². The zero-order chi connectivity index (χ0) is 19.4. The van der Waals surface area contributed by atoms with E-state index in [9.17, 15) is 19.5 Å². The zero-order valence-electron chi connectivity index (χ0n) is 14.9. The summed E-state index contributed by atoms with van der Waals surface area (Å²) in [4.78, 5) is 42.6. The van der Waals surface area contributed by atoms with Crippen LogP contribution in [0.5, 0.6) is 5.88 Å². The molecule has 142 valence electrons. The van der Waals surface area contributed by atoms with Crippen LogP contribution in [0.3, 0.4) is 0 Å². The molecule has 3 N–H and O–H groups in total. The maximum absolute atomic E-state index is 12.2. The summed E-state index contributed by atoms with van der Waals surface area (Å²) in [5.41, 5.74) is 1.27. The van der Waals surface area contributed by atoms with Crippen LogP contribution in [0, 0.1) is 0 Å². The Bertz CT molecular complexity index is 971. The standard InChI is InChI=1S/C18H21N5O4/c1-11(21-22-15(24)12-7-9-19-10-8-12)14-16(25)20-18(27)23(17(14)26)13-5-3-2-4-6-13/h7-10,13,26H,2-6H2,1H3,(H,22,24)(H,20,25,27). The molecule has 1 amide bonds. The fraction of sp³-hybridized carbons (Fsp3) is 0.389. The van der Waals surface area contributed by atoms with Crippen LogP contribution in [-0.2, 0) is 0 Å². The van der Waals surface area contributed by atoms with Crippen molar-refractivity contribution in [1.29, 1.82) is 0 Å². The quantitative estimate of drug-likeness (QED) is 0.551. The monoisotopic (exact) mass is 371 g/mol. The molecule has 0 aromatic carbocycles. The number of hydrogen-bond donors (Lipinski definition) is 3. The number of aromatic nitrogens is 3. The molecule has 9 nitrogen and oxygen atoms in total. The lowest BCUT2D eigenvalue weighted by atomic mass is 9.95. The second-order valence-electron chi connectivity index (χ2n) is 6.49. The number of aromatic hydroxyl groups is 1. The van der Waals surface area contributed by atoms with Gasteiger partial charge in [0.2, 0.25) is 5.88 Å². The van der Waals surface area contributed by atoms with Crippen molar-refractivity contribution in [3.05, 3.63) is 56.5 Å². The molecule has 2 aromatic heterocycles. The summed E-state index contributed by atoms with van der Waals surface area (Å²) < 4.78 is 1.22. The second-order valence-corrected chi connectivity index (χ2v) is 6.49. The van der Waals surface area contributed by atoms with E-state index in [4.69, 9.17) is 0 Å². The number of hydrogen-bond acceptors (Lipinski definition) is 6. The Labute approximate surface area is 154 Å². The molecule has 1 aliphatic rings. The molecule has 0 unspecified atom stereocenters. The summed E-state index contributed by atoms with van der Waals surface area (Å²) in [6.45, 7) is 1.48. The van der Waals surface area contributed by atoms with Gasteiger partial charge in [-0.2, -0.15) is 5.10 Å². The number of nitrogens with zero attached hydrogens (tertiary/aromatic N) is 3.